The molecule has 0 heterocycles. The van der Waals surface area contributed by atoms with Crippen LogP contribution >= 0.6 is 0 Å². The highest BCUT2D eigenvalue weighted by Crippen LogP contribution is 2.42. The van der Waals surface area contributed by atoms with Gasteiger partial charge in [0.15, 0.2) is 23.0 Å². The van der Waals surface area contributed by atoms with Crippen molar-refractivity contribution in [1.82, 2.24) is 9.91 Å². The quantitative estimate of drug-likeness (QED) is 0.262. The Balaban J connectivity index is 1.61. The lowest BCUT2D eigenvalue weighted by Gasteiger charge is -2.34. The summed E-state index contributed by atoms with van der Waals surface area (Å²) in [5.74, 6) is -0.214. The maximum absolute atomic E-state index is 11.6. The minimum atomic E-state index is -2.93. The van der Waals surface area contributed by atoms with Crippen molar-refractivity contribution in [2.24, 2.45) is 5.29 Å². The van der Waals surface area contributed by atoms with Crippen LogP contribution in [0.3, 0.4) is 0 Å². The Hall–Kier alpha value is -3.53. The van der Waals surface area contributed by atoms with Gasteiger partial charge in [-0.25, -0.2) is 0 Å². The summed E-state index contributed by atoms with van der Waals surface area (Å²) in [6.07, 6.45) is 1.21. The van der Waals surface area contributed by atoms with Gasteiger partial charge in [-0.05, 0) is 79.4 Å². The topological polar surface area (TPSA) is 110 Å². The number of hydrogen-bond donors (Lipinski definition) is 1. The number of nitrogens with zero attached hydrogens (tertiary/aromatic N) is 3. The Labute approximate surface area is 226 Å². The van der Waals surface area contributed by atoms with Gasteiger partial charge < -0.3 is 29.0 Å². The lowest BCUT2D eigenvalue weighted by Crippen LogP contribution is -2.33. The number of hydrogen-bond acceptors (Lipinski definition) is 8. The molecule has 0 amide bonds. The van der Waals surface area contributed by atoms with Crippen LogP contribution in [0.1, 0.15) is 42.8 Å². The molecule has 10 nitrogen and oxygen atoms in total. The van der Waals surface area contributed by atoms with E-state index in [1.807, 2.05) is 19.2 Å². The van der Waals surface area contributed by atoms with Crippen LogP contribution in [-0.4, -0.2) is 82.5 Å². The summed E-state index contributed by atoms with van der Waals surface area (Å²) in [7, 11) is -0.618. The standard InChI is InChI=1S/C27H37N3O7/c1-29(17-21-11-20-14-25(36-4)26(37-5)16-22(20)21)8-6-9-30(28-33)10-7-18-12-23(34-2)24(35-3)13-19(18)15-27(31)32/h12-14,16,21H,6-11,15,17H2,1-5H3,(H,31,32)/t21-/m1/s1/i2D3,3D3. The number of ether oxygens (including phenoxy) is 4. The fraction of sp³-hybridized carbons (Fsp3) is 0.519. The van der Waals surface area contributed by atoms with Crippen LogP contribution in [0.2, 0.25) is 0 Å². The Kier molecular flexibility index (Phi) is 7.29. The highest BCUT2D eigenvalue weighted by Gasteiger charge is 2.29. The maximum atomic E-state index is 11.6. The molecule has 3 rings (SSSR count). The van der Waals surface area contributed by atoms with Crippen LogP contribution in [0.4, 0.5) is 0 Å². The van der Waals surface area contributed by atoms with Crippen LogP contribution in [0.15, 0.2) is 29.6 Å². The minimum absolute atomic E-state index is 0.115. The molecule has 2 aromatic rings. The van der Waals surface area contributed by atoms with Crippen molar-refractivity contribution >= 4 is 5.97 Å². The van der Waals surface area contributed by atoms with Crippen molar-refractivity contribution in [1.29, 1.82) is 0 Å². The van der Waals surface area contributed by atoms with E-state index in [9.17, 15) is 14.8 Å². The van der Waals surface area contributed by atoms with E-state index in [1.165, 1.54) is 22.2 Å². The molecule has 0 unspecified atom stereocenters. The molecule has 0 radical (unpaired) electrons. The normalized spacial score (nSPS) is 17.0. The zero-order valence-electron chi connectivity index (χ0n) is 27.3. The molecule has 2 aromatic carbocycles. The Morgan fingerprint density at radius 3 is 2.27 bits per heavy atom. The van der Waals surface area contributed by atoms with E-state index in [-0.39, 0.29) is 24.3 Å². The van der Waals surface area contributed by atoms with Crippen LogP contribution in [-0.2, 0) is 24.1 Å². The summed E-state index contributed by atoms with van der Waals surface area (Å²) in [5, 5.41) is 13.8. The first-order chi connectivity index (χ1) is 20.1. The minimum Gasteiger partial charge on any atom is -0.493 e. The van der Waals surface area contributed by atoms with Gasteiger partial charge in [-0.2, -0.15) is 0 Å². The van der Waals surface area contributed by atoms with Gasteiger partial charge >= 0.3 is 5.97 Å². The van der Waals surface area contributed by atoms with E-state index in [0.29, 0.717) is 42.5 Å². The number of carboxylic acid groups (broad SMARTS) is 1. The smallest absolute Gasteiger partial charge is 0.307 e. The summed E-state index contributed by atoms with van der Waals surface area (Å²) in [5.41, 5.74) is 3.03. The summed E-state index contributed by atoms with van der Waals surface area (Å²) >= 11 is 0. The summed E-state index contributed by atoms with van der Waals surface area (Å²) in [4.78, 5) is 25.3. The molecule has 1 N–H and O–H groups in total. The van der Waals surface area contributed by atoms with Crippen LogP contribution in [0.5, 0.6) is 23.0 Å². The SMILES string of the molecule is [2H]C([2H])([2H])Oc1cc(CCN(CCCN(C)C[C@H]2Cc3cc(OC)c(OC)cc32)N=O)c(CC(=O)O)cc1OC([2H])([2H])[2H]. The van der Waals surface area contributed by atoms with Gasteiger partial charge in [0, 0.05) is 25.6 Å². The van der Waals surface area contributed by atoms with Crippen molar-refractivity contribution in [3.8, 4) is 23.0 Å². The summed E-state index contributed by atoms with van der Waals surface area (Å²) in [6, 6.07) is 6.41. The first-order valence-electron chi connectivity index (χ1n) is 14.9. The van der Waals surface area contributed by atoms with Crippen LogP contribution in [0.25, 0.3) is 0 Å². The third-order valence-electron chi connectivity index (χ3n) is 6.62. The maximum Gasteiger partial charge on any atom is 0.307 e. The van der Waals surface area contributed by atoms with E-state index in [1.54, 1.807) is 14.2 Å². The lowest BCUT2D eigenvalue weighted by atomic mass is 9.77. The molecule has 0 spiro atoms. The fourth-order valence-electron chi connectivity index (χ4n) is 4.70. The third kappa shape index (κ3) is 7.03. The molecule has 0 fully saturated rings. The molecule has 0 bridgehead atoms. The number of fused-ring (bicyclic) bond motifs is 1. The number of nitroso groups, excluding NO2 is 1. The molecule has 10 heteroatoms. The van der Waals surface area contributed by atoms with Crippen molar-refractivity contribution in [3.63, 3.8) is 0 Å². The fourth-order valence-corrected chi connectivity index (χ4v) is 4.70. The number of aliphatic carboxylic acids is 1. The van der Waals surface area contributed by atoms with Gasteiger partial charge in [0.25, 0.3) is 0 Å². The monoisotopic (exact) mass is 521 g/mol. The molecule has 0 aliphatic heterocycles. The molecule has 0 saturated heterocycles. The molecule has 1 atom stereocenters. The van der Waals surface area contributed by atoms with E-state index in [2.05, 4.69) is 10.2 Å². The third-order valence-corrected chi connectivity index (χ3v) is 6.62. The van der Waals surface area contributed by atoms with Gasteiger partial charge in [-0.1, -0.05) is 0 Å². The average molecular weight is 522 g/mol. The molecule has 202 valence electrons. The van der Waals surface area contributed by atoms with Crippen molar-refractivity contribution in [2.45, 2.75) is 31.6 Å². The number of methoxy groups -OCH3 is 4. The second-order valence-corrected chi connectivity index (χ2v) is 9.05. The molecular formula is C27H37N3O7. The second kappa shape index (κ2) is 13.1. The second-order valence-electron chi connectivity index (χ2n) is 9.05. The zero-order chi connectivity index (χ0) is 31.9. The van der Waals surface area contributed by atoms with Gasteiger partial charge in [-0.15, -0.1) is 4.91 Å². The molecule has 0 saturated carbocycles. The van der Waals surface area contributed by atoms with E-state index >= 15 is 0 Å². The zero-order valence-corrected chi connectivity index (χ0v) is 21.3. The van der Waals surface area contributed by atoms with Gasteiger partial charge in [0.1, 0.15) is 0 Å². The summed E-state index contributed by atoms with van der Waals surface area (Å²) < 4.78 is 65.0. The summed E-state index contributed by atoms with van der Waals surface area (Å²) in [6.45, 7) is 1.98. The highest BCUT2D eigenvalue weighted by molar-refractivity contribution is 5.71. The highest BCUT2D eigenvalue weighted by atomic mass is 16.5. The van der Waals surface area contributed by atoms with Crippen LogP contribution < -0.4 is 18.9 Å². The largest absolute Gasteiger partial charge is 0.493 e. The van der Waals surface area contributed by atoms with Gasteiger partial charge in [0.05, 0.1) is 48.2 Å². The number of likely N-dealkylation sites (N-methyl/N-ethyl adjacent to an activating group) is 1. The molecule has 1 aliphatic rings. The van der Waals surface area contributed by atoms with Crippen molar-refractivity contribution in [2.75, 3.05) is 61.5 Å². The number of carbonyl (C=O) groups is 1. The average Bonchev–Trinajstić information content (AvgIpc) is 2.88. The van der Waals surface area contributed by atoms with E-state index in [4.69, 9.17) is 27.2 Å². The number of rotatable bonds is 16. The molecule has 1 aliphatic carbocycles. The van der Waals surface area contributed by atoms with E-state index < -0.39 is 32.2 Å². The first-order valence-corrected chi connectivity index (χ1v) is 11.9. The first kappa shape index (κ1) is 20.5. The van der Waals surface area contributed by atoms with Crippen molar-refractivity contribution in [3.05, 3.63) is 51.4 Å². The Morgan fingerprint density at radius 2 is 1.65 bits per heavy atom. The predicted octanol–water partition coefficient (Wildman–Crippen LogP) is 3.54. The van der Waals surface area contributed by atoms with E-state index in [0.717, 1.165) is 19.0 Å². The van der Waals surface area contributed by atoms with Crippen LogP contribution in [0, 0.1) is 4.91 Å². The Morgan fingerprint density at radius 1 is 1.00 bits per heavy atom. The number of benzene rings is 2. The van der Waals surface area contributed by atoms with Crippen molar-refractivity contribution < 1.29 is 37.1 Å². The molecular weight excluding hydrogens is 478 g/mol. The number of carboxylic acids is 1. The lowest BCUT2D eigenvalue weighted by molar-refractivity contribution is -0.136. The predicted molar refractivity (Wildman–Crippen MR) is 140 cm³/mol. The molecule has 37 heavy (non-hydrogen) atoms. The van der Waals surface area contributed by atoms with Gasteiger partial charge in [-0.3, -0.25) is 9.80 Å². The Bertz CT molecular complexity index is 1290. The van der Waals surface area contributed by atoms with Gasteiger partial charge in [0.2, 0.25) is 0 Å². The molecule has 0 aromatic heterocycles.